The summed E-state index contributed by atoms with van der Waals surface area (Å²) in [5.41, 5.74) is 8.18. The molecule has 1 aliphatic heterocycles. The molecule has 0 fully saturated rings. The topological polar surface area (TPSA) is 29.3 Å². The van der Waals surface area contributed by atoms with Crippen LogP contribution in [0.4, 0.5) is 5.69 Å². The van der Waals surface area contributed by atoms with Crippen molar-refractivity contribution >= 4 is 17.3 Å². The Hall–Kier alpha value is -0.730. The van der Waals surface area contributed by atoms with Crippen molar-refractivity contribution < 1.29 is 0 Å². The van der Waals surface area contributed by atoms with Gasteiger partial charge in [0.25, 0.3) is 0 Å². The summed E-state index contributed by atoms with van der Waals surface area (Å²) in [5, 5.41) is 0.827. The summed E-state index contributed by atoms with van der Waals surface area (Å²) in [5.74, 6) is 0. The number of halogens is 1. The van der Waals surface area contributed by atoms with Gasteiger partial charge in [0.1, 0.15) is 0 Å². The molecule has 1 aliphatic rings. The van der Waals surface area contributed by atoms with E-state index in [4.69, 9.17) is 17.3 Å². The third kappa shape index (κ3) is 1.64. The van der Waals surface area contributed by atoms with Gasteiger partial charge in [0.2, 0.25) is 0 Å². The molecule has 0 aliphatic carbocycles. The SMILES string of the molecule is NCCN1CCc2cc(Cl)ccc21. The van der Waals surface area contributed by atoms with Crippen LogP contribution in [0.5, 0.6) is 0 Å². The normalized spacial score (nSPS) is 14.8. The zero-order chi connectivity index (χ0) is 9.26. The van der Waals surface area contributed by atoms with Crippen molar-refractivity contribution in [1.29, 1.82) is 0 Å². The van der Waals surface area contributed by atoms with E-state index in [0.29, 0.717) is 6.54 Å². The zero-order valence-corrected chi connectivity index (χ0v) is 8.22. The van der Waals surface area contributed by atoms with E-state index < -0.39 is 0 Å². The molecule has 2 N–H and O–H groups in total. The lowest BCUT2D eigenvalue weighted by molar-refractivity contribution is 0.821. The van der Waals surface area contributed by atoms with E-state index in [1.165, 1.54) is 11.3 Å². The van der Waals surface area contributed by atoms with E-state index in [9.17, 15) is 0 Å². The van der Waals surface area contributed by atoms with Crippen LogP contribution in [0.15, 0.2) is 18.2 Å². The highest BCUT2D eigenvalue weighted by Crippen LogP contribution is 2.29. The number of fused-ring (bicyclic) bond motifs is 1. The standard InChI is InChI=1S/C10H13ClN2/c11-9-1-2-10-8(7-9)3-5-13(10)6-4-12/h1-2,7H,3-6,12H2. The van der Waals surface area contributed by atoms with Crippen molar-refractivity contribution in [3.8, 4) is 0 Å². The highest BCUT2D eigenvalue weighted by molar-refractivity contribution is 6.30. The second-order valence-corrected chi connectivity index (χ2v) is 3.74. The first kappa shape index (κ1) is 8.85. The zero-order valence-electron chi connectivity index (χ0n) is 7.46. The Kier molecular flexibility index (Phi) is 2.42. The molecule has 70 valence electrons. The lowest BCUT2D eigenvalue weighted by Crippen LogP contribution is -2.27. The highest BCUT2D eigenvalue weighted by atomic mass is 35.5. The van der Waals surface area contributed by atoms with Crippen LogP contribution >= 0.6 is 11.6 Å². The second kappa shape index (κ2) is 3.56. The maximum Gasteiger partial charge on any atom is 0.0410 e. The maximum absolute atomic E-state index is 5.90. The quantitative estimate of drug-likeness (QED) is 0.780. The molecule has 1 aromatic carbocycles. The first-order valence-electron chi connectivity index (χ1n) is 4.54. The number of benzene rings is 1. The number of nitrogens with zero attached hydrogens (tertiary/aromatic N) is 1. The van der Waals surface area contributed by atoms with Crippen molar-refractivity contribution in [1.82, 2.24) is 0 Å². The molecule has 3 heteroatoms. The van der Waals surface area contributed by atoms with Gasteiger partial charge in [0.15, 0.2) is 0 Å². The first-order chi connectivity index (χ1) is 6.31. The molecule has 0 saturated heterocycles. The van der Waals surface area contributed by atoms with Crippen LogP contribution in [0.1, 0.15) is 5.56 Å². The van der Waals surface area contributed by atoms with Gasteiger partial charge in [-0.15, -0.1) is 0 Å². The van der Waals surface area contributed by atoms with Gasteiger partial charge in [-0.1, -0.05) is 11.6 Å². The molecule has 0 bridgehead atoms. The van der Waals surface area contributed by atoms with Gasteiger partial charge in [-0.05, 0) is 30.2 Å². The van der Waals surface area contributed by atoms with Crippen LogP contribution in [0.25, 0.3) is 0 Å². The largest absolute Gasteiger partial charge is 0.370 e. The molecular formula is C10H13ClN2. The highest BCUT2D eigenvalue weighted by Gasteiger charge is 2.17. The smallest absolute Gasteiger partial charge is 0.0410 e. The minimum atomic E-state index is 0.710. The fourth-order valence-corrected chi connectivity index (χ4v) is 2.02. The van der Waals surface area contributed by atoms with Crippen LogP contribution in [0.2, 0.25) is 5.02 Å². The van der Waals surface area contributed by atoms with Gasteiger partial charge in [-0.25, -0.2) is 0 Å². The summed E-state index contributed by atoms with van der Waals surface area (Å²) in [6.45, 7) is 2.73. The third-order valence-electron chi connectivity index (χ3n) is 2.43. The fraction of sp³-hybridized carbons (Fsp3) is 0.400. The molecule has 2 rings (SSSR count). The van der Waals surface area contributed by atoms with Crippen LogP contribution in [-0.4, -0.2) is 19.6 Å². The van der Waals surface area contributed by atoms with Gasteiger partial charge < -0.3 is 10.6 Å². The minimum Gasteiger partial charge on any atom is -0.370 e. The third-order valence-corrected chi connectivity index (χ3v) is 2.67. The fourth-order valence-electron chi connectivity index (χ4n) is 1.83. The molecule has 1 aromatic rings. The Balaban J connectivity index is 2.27. The van der Waals surface area contributed by atoms with Crippen LogP contribution in [-0.2, 0) is 6.42 Å². The maximum atomic E-state index is 5.90. The predicted octanol–water partition coefficient (Wildman–Crippen LogP) is 1.66. The molecule has 0 amide bonds. The number of anilines is 1. The molecule has 0 atom stereocenters. The van der Waals surface area contributed by atoms with Crippen LogP contribution in [0.3, 0.4) is 0 Å². The molecule has 2 nitrogen and oxygen atoms in total. The van der Waals surface area contributed by atoms with E-state index >= 15 is 0 Å². The number of rotatable bonds is 2. The molecule has 0 saturated carbocycles. The molecule has 0 unspecified atom stereocenters. The van der Waals surface area contributed by atoms with E-state index in [-0.39, 0.29) is 0 Å². The van der Waals surface area contributed by atoms with Gasteiger partial charge in [0, 0.05) is 30.3 Å². The lowest BCUT2D eigenvalue weighted by Gasteiger charge is -2.17. The van der Waals surface area contributed by atoms with Crippen molar-refractivity contribution in [3.63, 3.8) is 0 Å². The first-order valence-corrected chi connectivity index (χ1v) is 4.92. The number of nitrogens with two attached hydrogens (primary N) is 1. The molecule has 1 heterocycles. The van der Waals surface area contributed by atoms with E-state index in [1.54, 1.807) is 0 Å². The Morgan fingerprint density at radius 3 is 3.08 bits per heavy atom. The Labute approximate surface area is 83.3 Å². The molecule has 0 aromatic heterocycles. The van der Waals surface area contributed by atoms with Gasteiger partial charge in [0.05, 0.1) is 0 Å². The van der Waals surface area contributed by atoms with E-state index in [1.807, 2.05) is 12.1 Å². The average molecular weight is 197 g/mol. The molecule has 0 spiro atoms. The van der Waals surface area contributed by atoms with E-state index in [0.717, 1.165) is 24.5 Å². The van der Waals surface area contributed by atoms with Gasteiger partial charge in [-0.2, -0.15) is 0 Å². The summed E-state index contributed by atoms with van der Waals surface area (Å²) in [7, 11) is 0. The summed E-state index contributed by atoms with van der Waals surface area (Å²) >= 11 is 5.90. The summed E-state index contributed by atoms with van der Waals surface area (Å²) < 4.78 is 0. The molecular weight excluding hydrogens is 184 g/mol. The molecule has 0 radical (unpaired) electrons. The minimum absolute atomic E-state index is 0.710. The van der Waals surface area contributed by atoms with Crippen molar-refractivity contribution in [2.75, 3.05) is 24.5 Å². The summed E-state index contributed by atoms with van der Waals surface area (Å²) in [6, 6.07) is 6.07. The van der Waals surface area contributed by atoms with Crippen molar-refractivity contribution in [2.45, 2.75) is 6.42 Å². The Morgan fingerprint density at radius 1 is 1.46 bits per heavy atom. The van der Waals surface area contributed by atoms with E-state index in [2.05, 4.69) is 11.0 Å². The molecule has 13 heavy (non-hydrogen) atoms. The van der Waals surface area contributed by atoms with Gasteiger partial charge in [-0.3, -0.25) is 0 Å². The Bertz CT molecular complexity index is 312. The lowest BCUT2D eigenvalue weighted by atomic mass is 10.2. The van der Waals surface area contributed by atoms with Crippen molar-refractivity contribution in [3.05, 3.63) is 28.8 Å². The number of hydrogen-bond acceptors (Lipinski definition) is 2. The van der Waals surface area contributed by atoms with Crippen LogP contribution in [0, 0.1) is 0 Å². The predicted molar refractivity (Wildman–Crippen MR) is 56.4 cm³/mol. The number of hydrogen-bond donors (Lipinski definition) is 1. The second-order valence-electron chi connectivity index (χ2n) is 3.30. The average Bonchev–Trinajstić information content (AvgIpc) is 2.49. The monoisotopic (exact) mass is 196 g/mol. The summed E-state index contributed by atoms with van der Waals surface area (Å²) in [6.07, 6.45) is 1.09. The Morgan fingerprint density at radius 2 is 2.31 bits per heavy atom. The summed E-state index contributed by atoms with van der Waals surface area (Å²) in [4.78, 5) is 2.31. The van der Waals surface area contributed by atoms with Crippen molar-refractivity contribution in [2.24, 2.45) is 5.73 Å². The van der Waals surface area contributed by atoms with Crippen LogP contribution < -0.4 is 10.6 Å². The van der Waals surface area contributed by atoms with Gasteiger partial charge >= 0.3 is 0 Å².